The van der Waals surface area contributed by atoms with E-state index in [0.717, 1.165) is 0 Å². The lowest BCUT2D eigenvalue weighted by Crippen LogP contribution is -2.22. The Morgan fingerprint density at radius 2 is 1.95 bits per heavy atom. The van der Waals surface area contributed by atoms with Gasteiger partial charge in [-0.2, -0.15) is 0 Å². The van der Waals surface area contributed by atoms with Crippen molar-refractivity contribution < 1.29 is 9.18 Å². The van der Waals surface area contributed by atoms with Gasteiger partial charge in [0.05, 0.1) is 11.4 Å². The molecule has 1 heterocycles. The van der Waals surface area contributed by atoms with Crippen molar-refractivity contribution in [3.8, 4) is 0 Å². The first-order chi connectivity index (χ1) is 10.1. The maximum Gasteiger partial charge on any atom is 0.248 e. The highest BCUT2D eigenvalue weighted by atomic mass is 35.5. The van der Waals surface area contributed by atoms with E-state index in [1.807, 2.05) is 12.1 Å². The molecule has 1 amide bonds. The Morgan fingerprint density at radius 1 is 1.19 bits per heavy atom. The van der Waals surface area contributed by atoms with E-state index >= 15 is 0 Å². The number of halogens is 2. The van der Waals surface area contributed by atoms with Crippen LogP contribution in [0.2, 0.25) is 5.02 Å². The molecule has 2 aromatic rings. The Labute approximate surface area is 126 Å². The number of benzene rings is 2. The third-order valence-corrected chi connectivity index (χ3v) is 3.66. The standard InChI is InChI=1S/C16H12ClFN2O/c1-9-16(21)20-14-7-6-10(18)8-12(14)15(19-9)11-4-2-3-5-13(11)17/h2-9H,1H3,(H,20,21)/t9-/m0/s1. The van der Waals surface area contributed by atoms with E-state index in [1.165, 1.54) is 18.2 Å². The minimum atomic E-state index is -0.577. The smallest absolute Gasteiger partial charge is 0.248 e. The zero-order chi connectivity index (χ0) is 15.0. The first-order valence-corrected chi connectivity index (χ1v) is 6.87. The highest BCUT2D eigenvalue weighted by Gasteiger charge is 2.24. The molecule has 3 rings (SSSR count). The van der Waals surface area contributed by atoms with Crippen molar-refractivity contribution in [2.24, 2.45) is 4.99 Å². The highest BCUT2D eigenvalue weighted by molar-refractivity contribution is 6.36. The third kappa shape index (κ3) is 2.54. The molecule has 0 radical (unpaired) electrons. The number of aliphatic imine (C=N–C) groups is 1. The van der Waals surface area contributed by atoms with Crippen LogP contribution < -0.4 is 5.32 Å². The molecule has 1 aliphatic heterocycles. The summed E-state index contributed by atoms with van der Waals surface area (Å²) in [6.45, 7) is 1.69. The van der Waals surface area contributed by atoms with Crippen molar-refractivity contribution in [2.45, 2.75) is 13.0 Å². The number of fused-ring (bicyclic) bond motifs is 1. The van der Waals surface area contributed by atoms with Gasteiger partial charge in [0.15, 0.2) is 0 Å². The summed E-state index contributed by atoms with van der Waals surface area (Å²) in [4.78, 5) is 16.4. The zero-order valence-corrected chi connectivity index (χ0v) is 12.0. The van der Waals surface area contributed by atoms with Crippen LogP contribution in [0.5, 0.6) is 0 Å². The van der Waals surface area contributed by atoms with E-state index < -0.39 is 11.9 Å². The van der Waals surface area contributed by atoms with Gasteiger partial charge in [0.25, 0.3) is 0 Å². The van der Waals surface area contributed by atoms with E-state index in [1.54, 1.807) is 19.1 Å². The number of benzodiazepines with no additional fused rings is 1. The number of anilines is 1. The number of rotatable bonds is 1. The normalized spacial score (nSPS) is 17.6. The number of nitrogens with zero attached hydrogens (tertiary/aromatic N) is 1. The fourth-order valence-electron chi connectivity index (χ4n) is 2.25. The van der Waals surface area contributed by atoms with Gasteiger partial charge >= 0.3 is 0 Å². The predicted molar refractivity (Wildman–Crippen MR) is 81.6 cm³/mol. The molecule has 0 bridgehead atoms. The Kier molecular flexibility index (Phi) is 3.47. The molecular formula is C16H12ClFN2O. The Morgan fingerprint density at radius 3 is 2.71 bits per heavy atom. The minimum Gasteiger partial charge on any atom is -0.324 e. The number of hydrogen-bond donors (Lipinski definition) is 1. The predicted octanol–water partition coefficient (Wildman–Crippen LogP) is 3.66. The summed E-state index contributed by atoms with van der Waals surface area (Å²) in [6, 6.07) is 10.8. The lowest BCUT2D eigenvalue weighted by molar-refractivity contribution is -0.116. The van der Waals surface area contributed by atoms with Gasteiger partial charge in [0, 0.05) is 16.1 Å². The number of hydrogen-bond acceptors (Lipinski definition) is 2. The van der Waals surface area contributed by atoms with Gasteiger partial charge in [-0.25, -0.2) is 4.39 Å². The molecule has 0 fully saturated rings. The monoisotopic (exact) mass is 302 g/mol. The van der Waals surface area contributed by atoms with Gasteiger partial charge in [-0.1, -0.05) is 29.8 Å². The SMILES string of the molecule is C[C@@H]1N=C(c2ccccc2Cl)c2cc(F)ccc2NC1=O. The van der Waals surface area contributed by atoms with Crippen molar-refractivity contribution in [3.05, 3.63) is 64.4 Å². The van der Waals surface area contributed by atoms with E-state index in [0.29, 0.717) is 27.5 Å². The van der Waals surface area contributed by atoms with Crippen molar-refractivity contribution in [1.29, 1.82) is 0 Å². The lowest BCUT2D eigenvalue weighted by atomic mass is 10.0. The highest BCUT2D eigenvalue weighted by Crippen LogP contribution is 2.28. The lowest BCUT2D eigenvalue weighted by Gasteiger charge is -2.11. The number of carbonyl (C=O) groups excluding carboxylic acids is 1. The Bertz CT molecular complexity index is 758. The number of nitrogens with one attached hydrogen (secondary N) is 1. The van der Waals surface area contributed by atoms with Crippen LogP contribution in [0, 0.1) is 5.82 Å². The molecule has 0 spiro atoms. The van der Waals surface area contributed by atoms with Crippen molar-refractivity contribution in [2.75, 3.05) is 5.32 Å². The van der Waals surface area contributed by atoms with Crippen molar-refractivity contribution >= 4 is 28.9 Å². The molecule has 106 valence electrons. The van der Waals surface area contributed by atoms with Crippen LogP contribution in [0.4, 0.5) is 10.1 Å². The minimum absolute atomic E-state index is 0.232. The largest absolute Gasteiger partial charge is 0.324 e. The van der Waals surface area contributed by atoms with Gasteiger partial charge in [0.1, 0.15) is 11.9 Å². The maximum atomic E-state index is 13.6. The molecule has 0 saturated heterocycles. The zero-order valence-electron chi connectivity index (χ0n) is 11.2. The first-order valence-electron chi connectivity index (χ1n) is 6.50. The maximum absolute atomic E-state index is 13.6. The van der Waals surface area contributed by atoms with E-state index in [2.05, 4.69) is 10.3 Å². The summed E-state index contributed by atoms with van der Waals surface area (Å²) in [7, 11) is 0. The molecule has 0 aliphatic carbocycles. The first kappa shape index (κ1) is 13.8. The Balaban J connectivity index is 2.27. The fraction of sp³-hybridized carbons (Fsp3) is 0.125. The quantitative estimate of drug-likeness (QED) is 0.858. The third-order valence-electron chi connectivity index (χ3n) is 3.33. The number of carbonyl (C=O) groups is 1. The van der Waals surface area contributed by atoms with E-state index in [4.69, 9.17) is 11.6 Å². The summed E-state index contributed by atoms with van der Waals surface area (Å²) in [6.07, 6.45) is 0. The summed E-state index contributed by atoms with van der Waals surface area (Å²) < 4.78 is 13.6. The molecule has 21 heavy (non-hydrogen) atoms. The topological polar surface area (TPSA) is 41.5 Å². The van der Waals surface area contributed by atoms with E-state index in [9.17, 15) is 9.18 Å². The fourth-order valence-corrected chi connectivity index (χ4v) is 2.47. The summed E-state index contributed by atoms with van der Waals surface area (Å²) >= 11 is 6.22. The second-order valence-electron chi connectivity index (χ2n) is 4.81. The van der Waals surface area contributed by atoms with Crippen molar-refractivity contribution in [1.82, 2.24) is 0 Å². The summed E-state index contributed by atoms with van der Waals surface area (Å²) in [5.41, 5.74) is 2.25. The van der Waals surface area contributed by atoms with Gasteiger partial charge in [-0.15, -0.1) is 0 Å². The average Bonchev–Trinajstić information content (AvgIpc) is 2.58. The van der Waals surface area contributed by atoms with Crippen LogP contribution in [-0.2, 0) is 4.79 Å². The van der Waals surface area contributed by atoms with Gasteiger partial charge in [0.2, 0.25) is 5.91 Å². The molecule has 1 aliphatic rings. The summed E-state index contributed by atoms with van der Waals surface area (Å²) in [5.74, 6) is -0.623. The van der Waals surface area contributed by atoms with Crippen LogP contribution >= 0.6 is 11.6 Å². The molecule has 0 aromatic heterocycles. The van der Waals surface area contributed by atoms with Crippen LogP contribution in [0.25, 0.3) is 0 Å². The van der Waals surface area contributed by atoms with Crippen LogP contribution in [0.1, 0.15) is 18.1 Å². The second kappa shape index (κ2) is 5.30. The molecule has 0 saturated carbocycles. The molecule has 0 unspecified atom stereocenters. The second-order valence-corrected chi connectivity index (χ2v) is 5.22. The summed E-state index contributed by atoms with van der Waals surface area (Å²) in [5, 5.41) is 3.26. The average molecular weight is 303 g/mol. The Hall–Kier alpha value is -2.20. The molecule has 1 atom stereocenters. The molecular weight excluding hydrogens is 291 g/mol. The van der Waals surface area contributed by atoms with E-state index in [-0.39, 0.29) is 5.91 Å². The molecule has 3 nitrogen and oxygen atoms in total. The van der Waals surface area contributed by atoms with Crippen LogP contribution in [0.15, 0.2) is 47.5 Å². The van der Waals surface area contributed by atoms with Gasteiger partial charge < -0.3 is 5.32 Å². The van der Waals surface area contributed by atoms with Gasteiger partial charge in [-0.05, 0) is 31.2 Å². The number of amides is 1. The molecule has 2 aromatic carbocycles. The van der Waals surface area contributed by atoms with Crippen molar-refractivity contribution in [3.63, 3.8) is 0 Å². The van der Waals surface area contributed by atoms with Crippen LogP contribution in [0.3, 0.4) is 0 Å². The molecule has 1 N–H and O–H groups in total. The molecule has 5 heteroatoms. The van der Waals surface area contributed by atoms with Crippen LogP contribution in [-0.4, -0.2) is 17.7 Å². The van der Waals surface area contributed by atoms with Gasteiger partial charge in [-0.3, -0.25) is 9.79 Å².